The van der Waals surface area contributed by atoms with E-state index in [-0.39, 0.29) is 11.7 Å². The van der Waals surface area contributed by atoms with Gasteiger partial charge in [-0.1, -0.05) is 0 Å². The summed E-state index contributed by atoms with van der Waals surface area (Å²) >= 11 is 0. The highest BCUT2D eigenvalue weighted by Crippen LogP contribution is 2.36. The monoisotopic (exact) mass is 349 g/mol. The van der Waals surface area contributed by atoms with Crippen molar-refractivity contribution in [1.29, 1.82) is 0 Å². The van der Waals surface area contributed by atoms with E-state index in [0.29, 0.717) is 11.7 Å². The maximum absolute atomic E-state index is 12.7. The Hall–Kier alpha value is -3.49. The van der Waals surface area contributed by atoms with Crippen LogP contribution < -0.4 is 10.4 Å². The van der Waals surface area contributed by atoms with Gasteiger partial charge in [-0.05, 0) is 31.0 Å². The molecule has 4 aromatic rings. The summed E-state index contributed by atoms with van der Waals surface area (Å²) in [5.74, 6) is 0. The second-order valence-electron chi connectivity index (χ2n) is 6.20. The van der Waals surface area contributed by atoms with Crippen LogP contribution in [0.4, 0.5) is 0 Å². The molecule has 0 saturated heterocycles. The molecular weight excluding hydrogens is 334 g/mol. The van der Waals surface area contributed by atoms with Gasteiger partial charge in [-0.15, -0.1) is 5.10 Å². The lowest BCUT2D eigenvalue weighted by Gasteiger charge is -1.99. The second-order valence-corrected chi connectivity index (χ2v) is 6.20. The Balaban J connectivity index is 1.61. The summed E-state index contributed by atoms with van der Waals surface area (Å²) in [7, 11) is 1.53. The summed E-state index contributed by atoms with van der Waals surface area (Å²) in [4.78, 5) is 20.8. The number of fused-ring (bicyclic) bond motifs is 1. The lowest BCUT2D eigenvalue weighted by molar-refractivity contribution is 0.354. The molecule has 3 aromatic heterocycles. The number of aromatic nitrogens is 7. The van der Waals surface area contributed by atoms with E-state index in [1.54, 1.807) is 21.6 Å². The molecule has 1 aliphatic carbocycles. The second kappa shape index (κ2) is 5.51. The van der Waals surface area contributed by atoms with Gasteiger partial charge in [-0.25, -0.2) is 24.0 Å². The van der Waals surface area contributed by atoms with Gasteiger partial charge in [-0.2, -0.15) is 9.78 Å². The van der Waals surface area contributed by atoms with Crippen LogP contribution >= 0.6 is 0 Å². The maximum Gasteiger partial charge on any atom is 0.353 e. The van der Waals surface area contributed by atoms with Crippen molar-refractivity contribution in [3.63, 3.8) is 0 Å². The fraction of sp³-hybridized carbons (Fsp3) is 0.235. The average molecular weight is 349 g/mol. The van der Waals surface area contributed by atoms with Crippen molar-refractivity contribution in [2.75, 3.05) is 7.11 Å². The Morgan fingerprint density at radius 2 is 1.92 bits per heavy atom. The molecule has 0 N–H and O–H groups in total. The molecule has 9 nitrogen and oxygen atoms in total. The topological polar surface area (TPSA) is 92.7 Å². The third kappa shape index (κ3) is 2.28. The molecule has 26 heavy (non-hydrogen) atoms. The van der Waals surface area contributed by atoms with Crippen LogP contribution in [0, 0.1) is 0 Å². The summed E-state index contributed by atoms with van der Waals surface area (Å²) in [5.41, 5.74) is 2.05. The molecule has 0 bridgehead atoms. The molecule has 1 aliphatic rings. The molecule has 0 unspecified atom stereocenters. The maximum atomic E-state index is 12.7. The number of hydrogen-bond donors (Lipinski definition) is 0. The van der Waals surface area contributed by atoms with Crippen LogP contribution in [-0.2, 0) is 0 Å². The number of ether oxygens (including phenoxy) is 1. The molecule has 1 aromatic carbocycles. The Labute approximate surface area is 147 Å². The number of methoxy groups -OCH3 is 1. The molecule has 1 fully saturated rings. The Morgan fingerprint density at radius 3 is 2.65 bits per heavy atom. The van der Waals surface area contributed by atoms with E-state index in [1.165, 1.54) is 18.1 Å². The molecule has 9 heteroatoms. The minimum Gasteiger partial charge on any atom is -0.467 e. The highest BCUT2D eigenvalue weighted by molar-refractivity contribution is 5.80. The SMILES string of the molecule is COc1nn(-c2ccc3nn(-c4cncnc4)cc3c2)c(=O)n1C1CC1. The molecule has 5 rings (SSSR count). The zero-order valence-electron chi connectivity index (χ0n) is 14.0. The minimum atomic E-state index is -0.187. The van der Waals surface area contributed by atoms with Crippen LogP contribution in [0.3, 0.4) is 0 Å². The fourth-order valence-electron chi connectivity index (χ4n) is 3.00. The van der Waals surface area contributed by atoms with E-state index in [4.69, 9.17) is 4.74 Å². The van der Waals surface area contributed by atoms with Crippen molar-refractivity contribution in [2.24, 2.45) is 0 Å². The summed E-state index contributed by atoms with van der Waals surface area (Å²) < 4.78 is 9.98. The van der Waals surface area contributed by atoms with Crippen molar-refractivity contribution >= 4 is 10.9 Å². The van der Waals surface area contributed by atoms with Gasteiger partial charge in [0.2, 0.25) is 0 Å². The van der Waals surface area contributed by atoms with Gasteiger partial charge >= 0.3 is 11.7 Å². The molecule has 1 saturated carbocycles. The molecule has 0 spiro atoms. The summed E-state index contributed by atoms with van der Waals surface area (Å²) in [5, 5.41) is 9.73. The summed E-state index contributed by atoms with van der Waals surface area (Å²) in [6, 6.07) is 6.10. The Morgan fingerprint density at radius 1 is 1.12 bits per heavy atom. The Bertz CT molecular complexity index is 1160. The summed E-state index contributed by atoms with van der Waals surface area (Å²) in [6.07, 6.45) is 8.68. The third-order valence-corrected chi connectivity index (χ3v) is 4.42. The van der Waals surface area contributed by atoms with Crippen molar-refractivity contribution < 1.29 is 4.74 Å². The van der Waals surface area contributed by atoms with E-state index < -0.39 is 0 Å². The van der Waals surface area contributed by atoms with Gasteiger partial charge in [0.05, 0.1) is 30.7 Å². The first-order chi connectivity index (χ1) is 12.7. The predicted octanol–water partition coefficient (Wildman–Crippen LogP) is 1.51. The van der Waals surface area contributed by atoms with E-state index in [1.807, 2.05) is 24.4 Å². The van der Waals surface area contributed by atoms with Crippen molar-refractivity contribution in [3.8, 4) is 17.4 Å². The van der Waals surface area contributed by atoms with Crippen LogP contribution in [0.1, 0.15) is 18.9 Å². The molecular formula is C17H15N7O2. The van der Waals surface area contributed by atoms with E-state index in [9.17, 15) is 4.79 Å². The first kappa shape index (κ1) is 14.8. The van der Waals surface area contributed by atoms with Gasteiger partial charge in [-0.3, -0.25) is 0 Å². The first-order valence-electron chi connectivity index (χ1n) is 8.25. The highest BCUT2D eigenvalue weighted by atomic mass is 16.5. The van der Waals surface area contributed by atoms with Crippen LogP contribution in [0.5, 0.6) is 6.01 Å². The van der Waals surface area contributed by atoms with Crippen molar-refractivity contribution in [2.45, 2.75) is 18.9 Å². The van der Waals surface area contributed by atoms with Crippen LogP contribution in [0.15, 0.2) is 47.9 Å². The number of benzene rings is 1. The summed E-state index contributed by atoms with van der Waals surface area (Å²) in [6.45, 7) is 0. The smallest absolute Gasteiger partial charge is 0.353 e. The standard InChI is InChI=1S/C17H15N7O2/c1-26-16-21-24(17(25)23(16)12-2-3-12)13-4-5-15-11(6-13)9-22(20-15)14-7-18-10-19-8-14/h4-10,12H,2-3H2,1H3. The molecule has 0 atom stereocenters. The number of rotatable bonds is 4. The van der Waals surface area contributed by atoms with Gasteiger partial charge in [0.25, 0.3) is 0 Å². The van der Waals surface area contributed by atoms with Gasteiger partial charge in [0, 0.05) is 17.6 Å². The predicted molar refractivity (Wildman–Crippen MR) is 92.9 cm³/mol. The zero-order chi connectivity index (χ0) is 17.7. The van der Waals surface area contributed by atoms with Gasteiger partial charge in [0.15, 0.2) is 0 Å². The largest absolute Gasteiger partial charge is 0.467 e. The van der Waals surface area contributed by atoms with Crippen LogP contribution in [0.25, 0.3) is 22.3 Å². The molecule has 3 heterocycles. The highest BCUT2D eigenvalue weighted by Gasteiger charge is 2.30. The Kier molecular flexibility index (Phi) is 3.14. The van der Waals surface area contributed by atoms with Gasteiger partial charge in [0.1, 0.15) is 12.0 Å². The third-order valence-electron chi connectivity index (χ3n) is 4.42. The molecule has 0 amide bonds. The van der Waals surface area contributed by atoms with E-state index >= 15 is 0 Å². The number of hydrogen-bond acceptors (Lipinski definition) is 6. The minimum absolute atomic E-state index is 0.187. The van der Waals surface area contributed by atoms with Crippen molar-refractivity contribution in [3.05, 3.63) is 53.6 Å². The lowest BCUT2D eigenvalue weighted by atomic mass is 10.2. The van der Waals surface area contributed by atoms with Gasteiger partial charge < -0.3 is 4.74 Å². The molecule has 130 valence electrons. The zero-order valence-corrected chi connectivity index (χ0v) is 14.0. The van der Waals surface area contributed by atoms with Crippen molar-refractivity contribution in [1.82, 2.24) is 34.1 Å². The number of nitrogens with zero attached hydrogens (tertiary/aromatic N) is 7. The first-order valence-corrected chi connectivity index (χ1v) is 8.25. The van der Waals surface area contributed by atoms with Crippen LogP contribution in [-0.4, -0.2) is 41.2 Å². The molecule has 0 aliphatic heterocycles. The quantitative estimate of drug-likeness (QED) is 0.554. The molecule has 0 radical (unpaired) electrons. The van der Waals surface area contributed by atoms with E-state index in [0.717, 1.165) is 29.4 Å². The van der Waals surface area contributed by atoms with Crippen LogP contribution in [0.2, 0.25) is 0 Å². The van der Waals surface area contributed by atoms with E-state index in [2.05, 4.69) is 20.2 Å². The lowest BCUT2D eigenvalue weighted by Crippen LogP contribution is -2.23. The average Bonchev–Trinajstić information content (AvgIpc) is 3.32. The fourth-order valence-corrected chi connectivity index (χ4v) is 3.00. The normalized spacial score (nSPS) is 14.0.